The van der Waals surface area contributed by atoms with E-state index in [1.165, 1.54) is 30.0 Å². The number of halogens is 1. The highest BCUT2D eigenvalue weighted by Crippen LogP contribution is 2.31. The van der Waals surface area contributed by atoms with Crippen LogP contribution in [0.4, 0.5) is 11.4 Å². The van der Waals surface area contributed by atoms with E-state index in [9.17, 15) is 14.9 Å². The molecule has 1 amide bonds. The van der Waals surface area contributed by atoms with Crippen LogP contribution < -0.4 is 5.32 Å². The summed E-state index contributed by atoms with van der Waals surface area (Å²) in [5, 5.41) is 24.8. The number of rotatable bonds is 7. The highest BCUT2D eigenvalue weighted by atomic mass is 35.5. The lowest BCUT2D eigenvalue weighted by molar-refractivity contribution is -0.384. The second-order valence-corrected chi connectivity index (χ2v) is 8.51. The molecule has 0 saturated heterocycles. The van der Waals surface area contributed by atoms with Crippen molar-refractivity contribution in [3.8, 4) is 16.4 Å². The average molecular weight is 472 g/mol. The maximum Gasteiger partial charge on any atom is 0.289 e. The zero-order valence-electron chi connectivity index (χ0n) is 15.8. The van der Waals surface area contributed by atoms with Crippen LogP contribution in [0.25, 0.3) is 16.4 Å². The Kier molecular flexibility index (Phi) is 6.31. The first-order valence-corrected chi connectivity index (χ1v) is 11.2. The van der Waals surface area contributed by atoms with Gasteiger partial charge in [-0.15, -0.1) is 21.5 Å². The van der Waals surface area contributed by atoms with Crippen LogP contribution in [0.15, 0.2) is 71.2 Å². The van der Waals surface area contributed by atoms with E-state index in [2.05, 4.69) is 15.5 Å². The predicted molar refractivity (Wildman–Crippen MR) is 122 cm³/mol. The molecule has 0 radical (unpaired) electrons. The number of aromatic nitrogens is 3. The van der Waals surface area contributed by atoms with Gasteiger partial charge in [-0.25, -0.2) is 0 Å². The van der Waals surface area contributed by atoms with Gasteiger partial charge in [0.1, 0.15) is 5.02 Å². The molecule has 0 aliphatic rings. The fourth-order valence-corrected chi connectivity index (χ4v) is 4.43. The van der Waals surface area contributed by atoms with Gasteiger partial charge in [0.05, 0.1) is 15.6 Å². The van der Waals surface area contributed by atoms with Crippen molar-refractivity contribution in [1.29, 1.82) is 0 Å². The van der Waals surface area contributed by atoms with Gasteiger partial charge < -0.3 is 5.32 Å². The van der Waals surface area contributed by atoms with Crippen LogP contribution in [0, 0.1) is 10.1 Å². The molecule has 0 spiro atoms. The lowest BCUT2D eigenvalue weighted by Crippen LogP contribution is -2.14. The molecule has 0 fully saturated rings. The number of para-hydroxylation sites is 1. The summed E-state index contributed by atoms with van der Waals surface area (Å²) < 4.78 is 1.90. The molecule has 4 rings (SSSR count). The Bertz CT molecular complexity index is 1230. The monoisotopic (exact) mass is 471 g/mol. The molecule has 0 aliphatic heterocycles. The lowest BCUT2D eigenvalue weighted by atomic mass is 10.3. The van der Waals surface area contributed by atoms with Crippen LogP contribution in [-0.4, -0.2) is 31.3 Å². The number of hydrogen-bond donors (Lipinski definition) is 1. The van der Waals surface area contributed by atoms with Crippen LogP contribution in [0.5, 0.6) is 0 Å². The molecule has 0 atom stereocenters. The van der Waals surface area contributed by atoms with Crippen molar-refractivity contribution in [3.05, 3.63) is 81.2 Å². The maximum absolute atomic E-state index is 12.4. The molecular weight excluding hydrogens is 458 g/mol. The summed E-state index contributed by atoms with van der Waals surface area (Å²) >= 11 is 8.59. The van der Waals surface area contributed by atoms with E-state index in [1.54, 1.807) is 11.3 Å². The number of nitro groups is 1. The molecule has 0 aliphatic carbocycles. The Morgan fingerprint density at radius 3 is 2.68 bits per heavy atom. The van der Waals surface area contributed by atoms with Crippen molar-refractivity contribution in [1.82, 2.24) is 14.8 Å². The summed E-state index contributed by atoms with van der Waals surface area (Å²) in [6.45, 7) is 0. The van der Waals surface area contributed by atoms with Crippen molar-refractivity contribution >= 4 is 52.0 Å². The highest BCUT2D eigenvalue weighted by Gasteiger charge is 2.18. The lowest BCUT2D eigenvalue weighted by Gasteiger charge is -2.09. The molecule has 31 heavy (non-hydrogen) atoms. The molecule has 4 aromatic rings. The van der Waals surface area contributed by atoms with Crippen molar-refractivity contribution in [2.45, 2.75) is 5.16 Å². The first kappa shape index (κ1) is 21.0. The molecule has 156 valence electrons. The van der Waals surface area contributed by atoms with E-state index in [4.69, 9.17) is 11.6 Å². The van der Waals surface area contributed by atoms with Gasteiger partial charge in [-0.1, -0.05) is 47.6 Å². The fourth-order valence-electron chi connectivity index (χ4n) is 2.80. The number of benzene rings is 2. The summed E-state index contributed by atoms with van der Waals surface area (Å²) in [5.74, 6) is 0.408. The second-order valence-electron chi connectivity index (χ2n) is 6.21. The molecule has 8 nitrogen and oxygen atoms in total. The number of nitrogens with zero attached hydrogens (tertiary/aromatic N) is 4. The standard InChI is InChI=1S/C20H14ClN5O3S2/c21-15-9-8-13(11-16(15)26(28)29)22-18(27)12-31-20-24-23-19(17-7-4-10-30-17)25(20)14-5-2-1-3-6-14/h1-11H,12H2,(H,22,27). The zero-order valence-corrected chi connectivity index (χ0v) is 18.2. The summed E-state index contributed by atoms with van der Waals surface area (Å²) in [4.78, 5) is 23.8. The predicted octanol–water partition coefficient (Wildman–Crippen LogP) is 5.29. The van der Waals surface area contributed by atoms with Crippen LogP contribution in [0.2, 0.25) is 5.02 Å². The van der Waals surface area contributed by atoms with Gasteiger partial charge in [0.25, 0.3) is 5.69 Å². The minimum atomic E-state index is -0.596. The summed E-state index contributed by atoms with van der Waals surface area (Å²) in [7, 11) is 0. The molecule has 0 saturated carbocycles. The van der Waals surface area contributed by atoms with Gasteiger partial charge in [0, 0.05) is 17.4 Å². The van der Waals surface area contributed by atoms with E-state index in [0.717, 1.165) is 10.6 Å². The fraction of sp³-hybridized carbons (Fsp3) is 0.0500. The summed E-state index contributed by atoms with van der Waals surface area (Å²) in [6, 6.07) is 17.7. The van der Waals surface area contributed by atoms with E-state index >= 15 is 0 Å². The Labute approximate surface area is 190 Å². The number of thioether (sulfide) groups is 1. The van der Waals surface area contributed by atoms with E-state index < -0.39 is 4.92 Å². The Morgan fingerprint density at radius 2 is 1.97 bits per heavy atom. The van der Waals surface area contributed by atoms with Crippen LogP contribution in [-0.2, 0) is 4.79 Å². The van der Waals surface area contributed by atoms with E-state index in [0.29, 0.717) is 16.7 Å². The van der Waals surface area contributed by atoms with Crippen LogP contribution >= 0.6 is 34.7 Å². The van der Waals surface area contributed by atoms with Crippen molar-refractivity contribution in [3.63, 3.8) is 0 Å². The van der Waals surface area contributed by atoms with Crippen LogP contribution in [0.1, 0.15) is 0 Å². The number of carbonyl (C=O) groups is 1. The Morgan fingerprint density at radius 1 is 1.16 bits per heavy atom. The Hall–Kier alpha value is -3.21. The maximum atomic E-state index is 12.4. The van der Waals surface area contributed by atoms with Crippen molar-refractivity contribution in [2.75, 3.05) is 11.1 Å². The zero-order chi connectivity index (χ0) is 21.8. The quantitative estimate of drug-likeness (QED) is 0.223. The number of amides is 1. The molecule has 2 aromatic heterocycles. The normalized spacial score (nSPS) is 10.7. The smallest absolute Gasteiger partial charge is 0.289 e. The number of hydrogen-bond acceptors (Lipinski definition) is 7. The van der Waals surface area contributed by atoms with E-state index in [1.807, 2.05) is 52.4 Å². The molecule has 2 aromatic carbocycles. The van der Waals surface area contributed by atoms with Crippen molar-refractivity contribution < 1.29 is 9.72 Å². The third-order valence-electron chi connectivity index (χ3n) is 4.15. The number of nitrogens with one attached hydrogen (secondary N) is 1. The number of carbonyl (C=O) groups excluding carboxylic acids is 1. The molecule has 2 heterocycles. The molecular formula is C20H14ClN5O3S2. The highest BCUT2D eigenvalue weighted by molar-refractivity contribution is 7.99. The molecule has 1 N–H and O–H groups in total. The van der Waals surface area contributed by atoms with Gasteiger partial charge in [-0.2, -0.15) is 0 Å². The number of thiophene rings is 1. The first-order chi connectivity index (χ1) is 15.0. The number of anilines is 1. The van der Waals surface area contributed by atoms with Gasteiger partial charge in [-0.05, 0) is 35.7 Å². The first-order valence-electron chi connectivity index (χ1n) is 8.94. The Balaban J connectivity index is 1.53. The minimum absolute atomic E-state index is 0.00874. The van der Waals surface area contributed by atoms with Gasteiger partial charge >= 0.3 is 0 Å². The SMILES string of the molecule is O=C(CSc1nnc(-c2cccs2)n1-c1ccccc1)Nc1ccc(Cl)c([N+](=O)[O-])c1. The number of nitro benzene ring substituents is 1. The van der Waals surface area contributed by atoms with Gasteiger partial charge in [0.2, 0.25) is 5.91 Å². The molecule has 11 heteroatoms. The van der Waals surface area contributed by atoms with Crippen LogP contribution in [0.3, 0.4) is 0 Å². The average Bonchev–Trinajstić information content (AvgIpc) is 3.43. The summed E-state index contributed by atoms with van der Waals surface area (Å²) in [5.41, 5.74) is 0.911. The largest absolute Gasteiger partial charge is 0.325 e. The van der Waals surface area contributed by atoms with Gasteiger partial charge in [-0.3, -0.25) is 19.5 Å². The van der Waals surface area contributed by atoms with Crippen molar-refractivity contribution in [2.24, 2.45) is 0 Å². The summed E-state index contributed by atoms with van der Waals surface area (Å²) in [6.07, 6.45) is 0. The molecule has 0 unspecified atom stereocenters. The third kappa shape index (κ3) is 4.76. The molecule has 0 bridgehead atoms. The minimum Gasteiger partial charge on any atom is -0.325 e. The topological polar surface area (TPSA) is 103 Å². The second kappa shape index (κ2) is 9.29. The van der Waals surface area contributed by atoms with E-state index in [-0.39, 0.29) is 22.4 Å². The van der Waals surface area contributed by atoms with Gasteiger partial charge in [0.15, 0.2) is 11.0 Å². The third-order valence-corrected chi connectivity index (χ3v) is 6.26.